The van der Waals surface area contributed by atoms with Crippen molar-refractivity contribution < 1.29 is 14.3 Å². The molecule has 0 bridgehead atoms. The SMILES string of the molecule is CCOc1cc(/C=C2\S[C@@H](Nc3ccc(CC)cc3)NC2=O)cc(I)c1OCc1ccc(Cl)cc1. The van der Waals surface area contributed by atoms with Gasteiger partial charge in [-0.25, -0.2) is 0 Å². The molecule has 182 valence electrons. The fourth-order valence-corrected chi connectivity index (χ4v) is 5.41. The van der Waals surface area contributed by atoms with E-state index in [-0.39, 0.29) is 11.4 Å². The van der Waals surface area contributed by atoms with E-state index in [1.165, 1.54) is 17.3 Å². The molecule has 1 heterocycles. The second-order valence-corrected chi connectivity index (χ2v) is 10.6. The van der Waals surface area contributed by atoms with Crippen LogP contribution >= 0.6 is 46.0 Å². The first kappa shape index (κ1) is 25.7. The predicted molar refractivity (Wildman–Crippen MR) is 153 cm³/mol. The second kappa shape index (κ2) is 12.1. The van der Waals surface area contributed by atoms with Gasteiger partial charge in [0.05, 0.1) is 15.1 Å². The standard InChI is InChI=1S/C27H26ClIN2O3S/c1-3-17-7-11-21(12-8-17)30-27-31-26(32)24(35-27)15-19-13-22(29)25(23(14-19)33-4-2)34-16-18-5-9-20(28)10-6-18/h5-15,27,30H,3-4,16H2,1-2H3,(H,31,32)/b24-15-/t27-/m0/s1. The normalized spacial score (nSPS) is 16.3. The molecule has 0 aliphatic carbocycles. The second-order valence-electron chi connectivity index (χ2n) is 7.85. The van der Waals surface area contributed by atoms with E-state index in [0.29, 0.717) is 34.6 Å². The number of hydrogen-bond acceptors (Lipinski definition) is 5. The molecule has 3 aromatic rings. The van der Waals surface area contributed by atoms with Gasteiger partial charge in [-0.15, -0.1) is 0 Å². The number of carbonyl (C=O) groups excluding carboxylic acids is 1. The number of rotatable bonds is 9. The van der Waals surface area contributed by atoms with Crippen LogP contribution in [-0.2, 0) is 17.8 Å². The minimum atomic E-state index is -0.228. The van der Waals surface area contributed by atoms with Crippen molar-refractivity contribution in [3.63, 3.8) is 0 Å². The highest BCUT2D eigenvalue weighted by Crippen LogP contribution is 2.37. The van der Waals surface area contributed by atoms with E-state index < -0.39 is 0 Å². The van der Waals surface area contributed by atoms with Crippen LogP contribution in [0.4, 0.5) is 5.69 Å². The summed E-state index contributed by atoms with van der Waals surface area (Å²) in [6.45, 7) is 4.97. The maximum absolute atomic E-state index is 12.6. The summed E-state index contributed by atoms with van der Waals surface area (Å²) in [5.74, 6) is 1.23. The van der Waals surface area contributed by atoms with Gasteiger partial charge in [-0.1, -0.05) is 54.6 Å². The molecule has 1 saturated heterocycles. The van der Waals surface area contributed by atoms with Crippen molar-refractivity contribution in [2.75, 3.05) is 11.9 Å². The number of hydrogen-bond donors (Lipinski definition) is 2. The smallest absolute Gasteiger partial charge is 0.260 e. The number of halogens is 2. The van der Waals surface area contributed by atoms with Gasteiger partial charge in [-0.05, 0) is 95.1 Å². The summed E-state index contributed by atoms with van der Waals surface area (Å²) < 4.78 is 12.9. The summed E-state index contributed by atoms with van der Waals surface area (Å²) in [6.07, 6.45) is 2.88. The van der Waals surface area contributed by atoms with Gasteiger partial charge in [0, 0.05) is 10.7 Å². The van der Waals surface area contributed by atoms with Gasteiger partial charge in [0.1, 0.15) is 6.61 Å². The molecule has 0 spiro atoms. The van der Waals surface area contributed by atoms with Crippen molar-refractivity contribution in [2.45, 2.75) is 32.4 Å². The van der Waals surface area contributed by atoms with Gasteiger partial charge >= 0.3 is 0 Å². The summed E-state index contributed by atoms with van der Waals surface area (Å²) >= 11 is 9.68. The highest BCUT2D eigenvalue weighted by molar-refractivity contribution is 14.1. The molecule has 0 aromatic heterocycles. The highest BCUT2D eigenvalue weighted by atomic mass is 127. The van der Waals surface area contributed by atoms with Gasteiger partial charge < -0.3 is 20.1 Å². The minimum absolute atomic E-state index is 0.103. The Morgan fingerprint density at radius 1 is 1.06 bits per heavy atom. The van der Waals surface area contributed by atoms with E-state index in [4.69, 9.17) is 21.1 Å². The average Bonchev–Trinajstić information content (AvgIpc) is 3.18. The molecule has 0 unspecified atom stereocenters. The molecule has 1 amide bonds. The molecule has 2 N–H and O–H groups in total. The molecule has 5 nitrogen and oxygen atoms in total. The lowest BCUT2D eigenvalue weighted by molar-refractivity contribution is -0.116. The molecule has 1 aliphatic heterocycles. The van der Waals surface area contributed by atoms with Crippen LogP contribution in [0.3, 0.4) is 0 Å². The third-order valence-corrected chi connectivity index (χ3v) is 7.40. The number of nitrogens with one attached hydrogen (secondary N) is 2. The first-order valence-electron chi connectivity index (χ1n) is 11.3. The number of anilines is 1. The van der Waals surface area contributed by atoms with Crippen LogP contribution in [-0.4, -0.2) is 18.0 Å². The number of ether oxygens (including phenoxy) is 2. The minimum Gasteiger partial charge on any atom is -0.490 e. The summed E-state index contributed by atoms with van der Waals surface area (Å²) in [7, 11) is 0. The van der Waals surface area contributed by atoms with Crippen molar-refractivity contribution in [2.24, 2.45) is 0 Å². The third-order valence-electron chi connectivity index (χ3n) is 5.32. The van der Waals surface area contributed by atoms with Crippen molar-refractivity contribution in [1.82, 2.24) is 5.32 Å². The molecule has 3 aromatic carbocycles. The Morgan fingerprint density at radius 2 is 1.77 bits per heavy atom. The summed E-state index contributed by atoms with van der Waals surface area (Å²) in [6, 6.07) is 19.7. The van der Waals surface area contributed by atoms with Gasteiger partial charge in [-0.3, -0.25) is 4.79 Å². The van der Waals surface area contributed by atoms with E-state index >= 15 is 0 Å². The Bertz CT molecular complexity index is 1220. The van der Waals surface area contributed by atoms with Crippen LogP contribution < -0.4 is 20.1 Å². The number of carbonyl (C=O) groups is 1. The van der Waals surface area contributed by atoms with E-state index in [0.717, 1.165) is 26.8 Å². The average molecular weight is 621 g/mol. The molecule has 1 fully saturated rings. The fourth-order valence-electron chi connectivity index (χ4n) is 3.52. The lowest BCUT2D eigenvalue weighted by Gasteiger charge is -2.15. The summed E-state index contributed by atoms with van der Waals surface area (Å²) in [4.78, 5) is 13.3. The van der Waals surface area contributed by atoms with E-state index in [1.54, 1.807) is 0 Å². The Labute approximate surface area is 228 Å². The lowest BCUT2D eigenvalue weighted by Crippen LogP contribution is -2.30. The maximum Gasteiger partial charge on any atom is 0.260 e. The Kier molecular flexibility index (Phi) is 8.86. The van der Waals surface area contributed by atoms with Crippen molar-refractivity contribution >= 4 is 63.6 Å². The monoisotopic (exact) mass is 620 g/mol. The quantitative estimate of drug-likeness (QED) is 0.198. The van der Waals surface area contributed by atoms with Crippen molar-refractivity contribution in [3.05, 3.63) is 90.9 Å². The Balaban J connectivity index is 1.48. The van der Waals surface area contributed by atoms with Crippen LogP contribution in [0.15, 0.2) is 65.6 Å². The fraction of sp³-hybridized carbons (Fsp3) is 0.222. The lowest BCUT2D eigenvalue weighted by atomic mass is 10.1. The first-order valence-corrected chi connectivity index (χ1v) is 13.7. The maximum atomic E-state index is 12.6. The van der Waals surface area contributed by atoms with Crippen LogP contribution in [0.25, 0.3) is 6.08 Å². The molecule has 4 rings (SSSR count). The van der Waals surface area contributed by atoms with Crippen LogP contribution in [0.2, 0.25) is 5.02 Å². The summed E-state index contributed by atoms with van der Waals surface area (Å²) in [5.41, 5.74) is 3.91. The number of thioether (sulfide) groups is 1. The van der Waals surface area contributed by atoms with E-state index in [1.807, 2.05) is 61.5 Å². The first-order chi connectivity index (χ1) is 16.9. The zero-order valence-electron chi connectivity index (χ0n) is 19.4. The van der Waals surface area contributed by atoms with Crippen LogP contribution in [0.1, 0.15) is 30.5 Å². The predicted octanol–water partition coefficient (Wildman–Crippen LogP) is 7.08. The molecule has 8 heteroatoms. The molecule has 0 radical (unpaired) electrons. The topological polar surface area (TPSA) is 59.6 Å². The Morgan fingerprint density at radius 3 is 2.46 bits per heavy atom. The molecule has 0 saturated carbocycles. The molecular formula is C27H26ClIN2O3S. The van der Waals surface area contributed by atoms with Gasteiger partial charge in [0.2, 0.25) is 0 Å². The van der Waals surface area contributed by atoms with Gasteiger partial charge in [-0.2, -0.15) is 0 Å². The molecule has 35 heavy (non-hydrogen) atoms. The third kappa shape index (κ3) is 6.86. The zero-order chi connectivity index (χ0) is 24.8. The Hall–Kier alpha value is -2.36. The highest BCUT2D eigenvalue weighted by Gasteiger charge is 2.27. The van der Waals surface area contributed by atoms with Crippen molar-refractivity contribution in [1.29, 1.82) is 0 Å². The van der Waals surface area contributed by atoms with Crippen LogP contribution in [0.5, 0.6) is 11.5 Å². The van der Waals surface area contributed by atoms with Gasteiger partial charge in [0.25, 0.3) is 5.91 Å². The van der Waals surface area contributed by atoms with E-state index in [2.05, 4.69) is 52.3 Å². The molecule has 1 aliphatic rings. The number of amides is 1. The van der Waals surface area contributed by atoms with Crippen LogP contribution in [0, 0.1) is 3.57 Å². The molecular weight excluding hydrogens is 595 g/mol. The largest absolute Gasteiger partial charge is 0.490 e. The number of aryl methyl sites for hydroxylation is 1. The summed E-state index contributed by atoms with van der Waals surface area (Å²) in [5, 5.41) is 7.04. The zero-order valence-corrected chi connectivity index (χ0v) is 23.2. The molecule has 1 atom stereocenters. The van der Waals surface area contributed by atoms with Gasteiger partial charge in [0.15, 0.2) is 17.0 Å². The van der Waals surface area contributed by atoms with Crippen molar-refractivity contribution in [3.8, 4) is 11.5 Å². The number of benzene rings is 3. The van der Waals surface area contributed by atoms with E-state index in [9.17, 15) is 4.79 Å².